The molecule has 1 aromatic rings. The molecule has 0 radical (unpaired) electrons. The molecule has 108 valence electrons. The van der Waals surface area contributed by atoms with E-state index in [9.17, 15) is 17.6 Å². The predicted octanol–water partition coefficient (Wildman–Crippen LogP) is 3.74. The Labute approximate surface area is 113 Å². The Morgan fingerprint density at radius 1 is 1.26 bits per heavy atom. The minimum Gasteiger partial charge on any atom is -0.364 e. The van der Waals surface area contributed by atoms with Crippen LogP contribution in [0, 0.1) is 0 Å². The molecular weight excluding hydrogens is 286 g/mol. The lowest BCUT2D eigenvalue weighted by Gasteiger charge is -2.19. The van der Waals surface area contributed by atoms with Gasteiger partial charge in [-0.25, -0.2) is 18.7 Å². The summed E-state index contributed by atoms with van der Waals surface area (Å²) >= 11 is 5.74. The van der Waals surface area contributed by atoms with Gasteiger partial charge < -0.3 is 5.32 Å². The van der Waals surface area contributed by atoms with E-state index in [0.717, 1.165) is 0 Å². The summed E-state index contributed by atoms with van der Waals surface area (Å²) in [4.78, 5) is 7.95. The second-order valence-corrected chi connectivity index (χ2v) is 5.45. The molecule has 1 heterocycles. The van der Waals surface area contributed by atoms with Crippen molar-refractivity contribution >= 4 is 17.4 Å². The summed E-state index contributed by atoms with van der Waals surface area (Å²) in [6.45, 7) is 4.23. The van der Waals surface area contributed by atoms with Gasteiger partial charge in [0.05, 0.1) is 6.54 Å². The zero-order valence-corrected chi connectivity index (χ0v) is 11.4. The van der Waals surface area contributed by atoms with Gasteiger partial charge in [-0.1, -0.05) is 32.4 Å². The van der Waals surface area contributed by atoms with E-state index in [1.807, 2.05) is 20.8 Å². The van der Waals surface area contributed by atoms with Gasteiger partial charge in [-0.15, -0.1) is 0 Å². The van der Waals surface area contributed by atoms with E-state index in [0.29, 0.717) is 5.82 Å². The highest BCUT2D eigenvalue weighted by Gasteiger charge is 2.40. The van der Waals surface area contributed by atoms with Crippen LogP contribution >= 0.6 is 11.6 Å². The third kappa shape index (κ3) is 4.49. The largest absolute Gasteiger partial charge is 0.364 e. The third-order valence-corrected chi connectivity index (χ3v) is 2.38. The van der Waals surface area contributed by atoms with Crippen molar-refractivity contribution < 1.29 is 17.6 Å². The van der Waals surface area contributed by atoms with Crippen LogP contribution in [0.1, 0.15) is 26.6 Å². The Hall–Kier alpha value is -1.11. The molecule has 0 amide bonds. The van der Waals surface area contributed by atoms with Crippen molar-refractivity contribution in [1.29, 1.82) is 0 Å². The summed E-state index contributed by atoms with van der Waals surface area (Å²) in [6.07, 6.45) is -3.74. The van der Waals surface area contributed by atoms with Gasteiger partial charge >= 0.3 is 12.3 Å². The van der Waals surface area contributed by atoms with Gasteiger partial charge in [0, 0.05) is 11.5 Å². The molecule has 0 saturated carbocycles. The zero-order chi connectivity index (χ0) is 14.8. The number of alkyl halides is 4. The van der Waals surface area contributed by atoms with Crippen molar-refractivity contribution in [3.05, 3.63) is 17.0 Å². The molecule has 1 N–H and O–H groups in total. The minimum atomic E-state index is -4.13. The monoisotopic (exact) mass is 299 g/mol. The summed E-state index contributed by atoms with van der Waals surface area (Å²) in [6, 6.07) is 1.21. The summed E-state index contributed by atoms with van der Waals surface area (Å²) in [5, 5.41) is 2.21. The van der Waals surface area contributed by atoms with E-state index in [1.165, 1.54) is 6.07 Å². The molecule has 1 rings (SSSR count). The molecule has 0 aliphatic heterocycles. The molecule has 0 aliphatic rings. The van der Waals surface area contributed by atoms with Gasteiger partial charge in [-0.2, -0.15) is 8.78 Å². The fourth-order valence-corrected chi connectivity index (χ4v) is 1.31. The van der Waals surface area contributed by atoms with Gasteiger partial charge in [0.1, 0.15) is 16.8 Å². The van der Waals surface area contributed by atoms with E-state index in [2.05, 4.69) is 15.3 Å². The third-order valence-electron chi connectivity index (χ3n) is 2.19. The first-order chi connectivity index (χ1) is 8.52. The summed E-state index contributed by atoms with van der Waals surface area (Å²) < 4.78 is 49.6. The first kappa shape index (κ1) is 15.9. The van der Waals surface area contributed by atoms with Crippen LogP contribution in [-0.2, 0) is 5.41 Å². The van der Waals surface area contributed by atoms with Gasteiger partial charge in [-0.3, -0.25) is 0 Å². The van der Waals surface area contributed by atoms with E-state index in [4.69, 9.17) is 11.6 Å². The first-order valence-corrected chi connectivity index (χ1v) is 5.85. The zero-order valence-electron chi connectivity index (χ0n) is 10.6. The molecule has 19 heavy (non-hydrogen) atoms. The van der Waals surface area contributed by atoms with E-state index >= 15 is 0 Å². The molecule has 0 bridgehead atoms. The fraction of sp³-hybridized carbons (Fsp3) is 0.636. The normalized spacial score (nSPS) is 12.9. The Morgan fingerprint density at radius 3 is 2.32 bits per heavy atom. The summed E-state index contributed by atoms with van der Waals surface area (Å²) in [5.41, 5.74) is -0.438. The lowest BCUT2D eigenvalue weighted by molar-refractivity contribution is -0.117. The van der Waals surface area contributed by atoms with Crippen LogP contribution in [0.25, 0.3) is 0 Å². The van der Waals surface area contributed by atoms with E-state index < -0.39 is 24.3 Å². The Bertz CT molecular complexity index is 446. The Kier molecular flexibility index (Phi) is 4.60. The summed E-state index contributed by atoms with van der Waals surface area (Å²) in [5.74, 6) is -3.80. The average molecular weight is 300 g/mol. The highest BCUT2D eigenvalue weighted by molar-refractivity contribution is 6.29. The molecule has 1 aromatic heterocycles. The van der Waals surface area contributed by atoms with Crippen LogP contribution in [-0.4, -0.2) is 28.9 Å². The Balaban J connectivity index is 2.88. The number of halogens is 5. The molecule has 0 atom stereocenters. The molecule has 0 fully saturated rings. The van der Waals surface area contributed by atoms with Gasteiger partial charge in [0.25, 0.3) is 0 Å². The predicted molar refractivity (Wildman–Crippen MR) is 65.2 cm³/mol. The first-order valence-electron chi connectivity index (χ1n) is 5.47. The van der Waals surface area contributed by atoms with Crippen LogP contribution < -0.4 is 5.32 Å². The molecule has 0 aliphatic carbocycles. The number of hydrogen-bond acceptors (Lipinski definition) is 3. The minimum absolute atomic E-state index is 0.00903. The van der Waals surface area contributed by atoms with Crippen molar-refractivity contribution in [2.45, 2.75) is 38.5 Å². The number of hydrogen-bond donors (Lipinski definition) is 1. The standard InChI is InChI=1S/C11H14ClF4N3/c1-10(2,3)9-18-6(12)4-7(19-9)17-5-11(15,16)8(13)14/h4,8H,5H2,1-3H3,(H,17,18,19). The van der Waals surface area contributed by atoms with Crippen molar-refractivity contribution in [2.24, 2.45) is 0 Å². The lowest BCUT2D eigenvalue weighted by atomic mass is 9.96. The molecule has 0 aromatic carbocycles. The van der Waals surface area contributed by atoms with Gasteiger partial charge in [0.15, 0.2) is 0 Å². The van der Waals surface area contributed by atoms with Crippen molar-refractivity contribution in [3.63, 3.8) is 0 Å². The quantitative estimate of drug-likeness (QED) is 0.680. The number of nitrogens with one attached hydrogen (secondary N) is 1. The smallest absolute Gasteiger partial charge is 0.324 e. The average Bonchev–Trinajstić information content (AvgIpc) is 2.24. The van der Waals surface area contributed by atoms with Crippen LogP contribution in [0.15, 0.2) is 6.07 Å². The number of nitrogens with zero attached hydrogens (tertiary/aromatic N) is 2. The van der Waals surface area contributed by atoms with Crippen molar-refractivity contribution in [3.8, 4) is 0 Å². The lowest BCUT2D eigenvalue weighted by Crippen LogP contribution is -2.35. The second-order valence-electron chi connectivity index (χ2n) is 5.06. The molecule has 0 saturated heterocycles. The van der Waals surface area contributed by atoms with Crippen LogP contribution in [0.4, 0.5) is 23.4 Å². The van der Waals surface area contributed by atoms with Gasteiger partial charge in [-0.05, 0) is 0 Å². The maximum Gasteiger partial charge on any atom is 0.324 e. The number of rotatable bonds is 4. The summed E-state index contributed by atoms with van der Waals surface area (Å²) in [7, 11) is 0. The maximum absolute atomic E-state index is 12.8. The van der Waals surface area contributed by atoms with Crippen molar-refractivity contribution in [2.75, 3.05) is 11.9 Å². The SMILES string of the molecule is CC(C)(C)c1nc(Cl)cc(NCC(F)(F)C(F)F)n1. The Morgan fingerprint density at radius 2 is 1.84 bits per heavy atom. The second kappa shape index (κ2) is 5.48. The number of anilines is 1. The number of aromatic nitrogens is 2. The fourth-order valence-electron chi connectivity index (χ4n) is 1.13. The van der Waals surface area contributed by atoms with E-state index in [-0.39, 0.29) is 11.0 Å². The van der Waals surface area contributed by atoms with Gasteiger partial charge in [0.2, 0.25) is 0 Å². The van der Waals surface area contributed by atoms with Crippen LogP contribution in [0.3, 0.4) is 0 Å². The molecular formula is C11H14ClF4N3. The van der Waals surface area contributed by atoms with Crippen LogP contribution in [0.2, 0.25) is 5.15 Å². The van der Waals surface area contributed by atoms with E-state index in [1.54, 1.807) is 0 Å². The molecule has 8 heteroatoms. The molecule has 3 nitrogen and oxygen atoms in total. The highest BCUT2D eigenvalue weighted by Crippen LogP contribution is 2.25. The molecule has 0 spiro atoms. The van der Waals surface area contributed by atoms with Crippen molar-refractivity contribution in [1.82, 2.24) is 9.97 Å². The highest BCUT2D eigenvalue weighted by atomic mass is 35.5. The molecule has 0 unspecified atom stereocenters. The maximum atomic E-state index is 12.8. The van der Waals surface area contributed by atoms with Crippen LogP contribution in [0.5, 0.6) is 0 Å². The topological polar surface area (TPSA) is 37.8 Å².